The number of hydrogen-bond donors (Lipinski definition) is 2. The van der Waals surface area contributed by atoms with E-state index in [1.165, 1.54) is 12.1 Å². The fraction of sp³-hybridized carbons (Fsp3) is 0.182. The van der Waals surface area contributed by atoms with Gasteiger partial charge in [-0.2, -0.15) is 5.10 Å². The van der Waals surface area contributed by atoms with Crippen molar-refractivity contribution in [3.05, 3.63) is 40.7 Å². The summed E-state index contributed by atoms with van der Waals surface area (Å²) in [5.74, 6) is 0. The van der Waals surface area contributed by atoms with Crippen LogP contribution in [-0.2, 0) is 7.05 Å². The third kappa shape index (κ3) is 2.57. The second kappa shape index (κ2) is 4.74. The molecule has 0 aliphatic rings. The van der Waals surface area contributed by atoms with Gasteiger partial charge in [0.2, 0.25) is 0 Å². The summed E-state index contributed by atoms with van der Waals surface area (Å²) in [4.78, 5) is 10.4. The Hall–Kier alpha value is -2.57. The molecule has 2 aromatic rings. The largest absolute Gasteiger partial charge is 0.388 e. The quantitative estimate of drug-likeness (QED) is 0.638. The molecule has 1 heterocycles. The lowest BCUT2D eigenvalue weighted by Gasteiger charge is -2.06. The third-order valence-electron chi connectivity index (χ3n) is 2.41. The molecule has 0 bridgehead atoms. The lowest BCUT2D eigenvalue weighted by Crippen LogP contribution is -1.96. The predicted octanol–water partition coefficient (Wildman–Crippen LogP) is 2.11. The van der Waals surface area contributed by atoms with Crippen LogP contribution in [0.4, 0.5) is 22.7 Å². The zero-order chi connectivity index (χ0) is 13.1. The van der Waals surface area contributed by atoms with Gasteiger partial charge in [-0.15, -0.1) is 0 Å². The van der Waals surface area contributed by atoms with Gasteiger partial charge in [0.25, 0.3) is 5.69 Å². The van der Waals surface area contributed by atoms with Crippen molar-refractivity contribution in [2.24, 2.45) is 7.05 Å². The summed E-state index contributed by atoms with van der Waals surface area (Å²) in [7, 11) is 3.52. The van der Waals surface area contributed by atoms with E-state index in [0.717, 1.165) is 5.69 Å². The van der Waals surface area contributed by atoms with Crippen LogP contribution >= 0.6 is 0 Å². The van der Waals surface area contributed by atoms with E-state index in [4.69, 9.17) is 0 Å². The van der Waals surface area contributed by atoms with Gasteiger partial charge in [-0.05, 0) is 6.07 Å². The number of anilines is 3. The molecule has 0 radical (unpaired) electrons. The fourth-order valence-electron chi connectivity index (χ4n) is 1.59. The van der Waals surface area contributed by atoms with Crippen LogP contribution in [0, 0.1) is 10.1 Å². The summed E-state index contributed by atoms with van der Waals surface area (Å²) in [5.41, 5.74) is 2.13. The highest BCUT2D eigenvalue weighted by atomic mass is 16.6. The molecule has 0 spiro atoms. The molecule has 2 N–H and O–H groups in total. The molecule has 0 amide bonds. The average molecular weight is 247 g/mol. The van der Waals surface area contributed by atoms with Gasteiger partial charge >= 0.3 is 0 Å². The van der Waals surface area contributed by atoms with E-state index in [-0.39, 0.29) is 5.69 Å². The van der Waals surface area contributed by atoms with Gasteiger partial charge in [0.05, 0.1) is 16.8 Å². The van der Waals surface area contributed by atoms with Gasteiger partial charge in [-0.25, -0.2) is 0 Å². The molecule has 0 aliphatic heterocycles. The molecular weight excluding hydrogens is 234 g/mol. The Balaban J connectivity index is 2.32. The molecule has 0 saturated carbocycles. The van der Waals surface area contributed by atoms with Gasteiger partial charge in [0, 0.05) is 43.8 Å². The van der Waals surface area contributed by atoms with Crippen LogP contribution < -0.4 is 10.6 Å². The molecule has 7 nitrogen and oxygen atoms in total. The van der Waals surface area contributed by atoms with Crippen molar-refractivity contribution in [2.75, 3.05) is 17.7 Å². The van der Waals surface area contributed by atoms with E-state index in [2.05, 4.69) is 15.7 Å². The topological polar surface area (TPSA) is 85.0 Å². The Labute approximate surface area is 104 Å². The lowest BCUT2D eigenvalue weighted by molar-refractivity contribution is -0.384. The minimum atomic E-state index is -0.421. The molecule has 1 aromatic heterocycles. The molecule has 0 unspecified atom stereocenters. The van der Waals surface area contributed by atoms with Crippen LogP contribution in [0.15, 0.2) is 30.6 Å². The molecule has 7 heteroatoms. The highest BCUT2D eigenvalue weighted by molar-refractivity contribution is 5.68. The second-order valence-electron chi connectivity index (χ2n) is 3.80. The van der Waals surface area contributed by atoms with E-state index >= 15 is 0 Å². The van der Waals surface area contributed by atoms with Crippen molar-refractivity contribution in [2.45, 2.75) is 0 Å². The summed E-state index contributed by atoms with van der Waals surface area (Å²) >= 11 is 0. The fourth-order valence-corrected chi connectivity index (χ4v) is 1.59. The van der Waals surface area contributed by atoms with Crippen molar-refractivity contribution in [3.63, 3.8) is 0 Å². The van der Waals surface area contributed by atoms with Gasteiger partial charge in [0.1, 0.15) is 0 Å². The van der Waals surface area contributed by atoms with Crippen LogP contribution in [0.1, 0.15) is 0 Å². The Morgan fingerprint density at radius 2 is 2.00 bits per heavy atom. The number of aromatic nitrogens is 2. The molecule has 18 heavy (non-hydrogen) atoms. The van der Waals surface area contributed by atoms with Gasteiger partial charge in [-0.1, -0.05) is 0 Å². The SMILES string of the molecule is CNc1cc(Nc2cnn(C)c2)cc([N+](=O)[O-])c1. The number of non-ortho nitro benzene ring substituents is 1. The number of rotatable bonds is 4. The first-order chi connectivity index (χ1) is 8.58. The number of nitro groups is 1. The maximum atomic E-state index is 10.8. The Morgan fingerprint density at radius 1 is 1.28 bits per heavy atom. The summed E-state index contributed by atoms with van der Waals surface area (Å²) in [6.07, 6.45) is 3.44. The van der Waals surface area contributed by atoms with Gasteiger partial charge in [0.15, 0.2) is 0 Å². The van der Waals surface area contributed by atoms with Crippen LogP contribution in [0.5, 0.6) is 0 Å². The summed E-state index contributed by atoms with van der Waals surface area (Å²) in [5, 5.41) is 20.8. The maximum absolute atomic E-state index is 10.8. The van der Waals surface area contributed by atoms with Crippen molar-refractivity contribution in [3.8, 4) is 0 Å². The Morgan fingerprint density at radius 3 is 2.56 bits per heavy atom. The van der Waals surface area contributed by atoms with E-state index in [1.54, 1.807) is 37.2 Å². The monoisotopic (exact) mass is 247 g/mol. The first kappa shape index (κ1) is 11.9. The first-order valence-corrected chi connectivity index (χ1v) is 5.31. The molecular formula is C11H13N5O2. The number of nitrogens with zero attached hydrogens (tertiary/aromatic N) is 3. The van der Waals surface area contributed by atoms with E-state index in [0.29, 0.717) is 11.4 Å². The zero-order valence-electron chi connectivity index (χ0n) is 10.0. The van der Waals surface area contributed by atoms with Crippen molar-refractivity contribution < 1.29 is 4.92 Å². The number of benzene rings is 1. The maximum Gasteiger partial charge on any atom is 0.273 e. The number of nitrogens with one attached hydrogen (secondary N) is 2. The van der Waals surface area contributed by atoms with Gasteiger partial charge in [-0.3, -0.25) is 14.8 Å². The third-order valence-corrected chi connectivity index (χ3v) is 2.41. The van der Waals surface area contributed by atoms with E-state index in [9.17, 15) is 10.1 Å². The summed E-state index contributed by atoms with van der Waals surface area (Å²) in [6, 6.07) is 4.75. The molecule has 1 aromatic carbocycles. The molecule has 2 rings (SSSR count). The number of nitro benzene ring substituents is 1. The predicted molar refractivity (Wildman–Crippen MR) is 69.1 cm³/mol. The first-order valence-electron chi connectivity index (χ1n) is 5.31. The minimum absolute atomic E-state index is 0.0354. The summed E-state index contributed by atoms with van der Waals surface area (Å²) < 4.78 is 1.65. The van der Waals surface area contributed by atoms with E-state index < -0.39 is 4.92 Å². The number of hydrogen-bond acceptors (Lipinski definition) is 5. The standard InChI is InChI=1S/C11H13N5O2/c1-12-8-3-9(5-11(4-8)16(17)18)14-10-6-13-15(2)7-10/h3-7,12,14H,1-2H3. The normalized spacial score (nSPS) is 10.1. The van der Waals surface area contributed by atoms with Crippen molar-refractivity contribution in [1.82, 2.24) is 9.78 Å². The number of aryl methyl sites for hydroxylation is 1. The molecule has 0 saturated heterocycles. The van der Waals surface area contributed by atoms with Crippen LogP contribution in [0.2, 0.25) is 0 Å². The second-order valence-corrected chi connectivity index (χ2v) is 3.80. The minimum Gasteiger partial charge on any atom is -0.388 e. The summed E-state index contributed by atoms with van der Waals surface area (Å²) in [6.45, 7) is 0. The molecule has 0 aliphatic carbocycles. The molecule has 94 valence electrons. The highest BCUT2D eigenvalue weighted by Crippen LogP contribution is 2.26. The molecule has 0 atom stereocenters. The van der Waals surface area contributed by atoms with Crippen molar-refractivity contribution in [1.29, 1.82) is 0 Å². The Bertz CT molecular complexity index is 579. The van der Waals surface area contributed by atoms with Crippen molar-refractivity contribution >= 4 is 22.7 Å². The smallest absolute Gasteiger partial charge is 0.273 e. The Kier molecular flexibility index (Phi) is 3.13. The lowest BCUT2D eigenvalue weighted by atomic mass is 10.2. The van der Waals surface area contributed by atoms with E-state index in [1.807, 2.05) is 0 Å². The van der Waals surface area contributed by atoms with Crippen LogP contribution in [0.25, 0.3) is 0 Å². The van der Waals surface area contributed by atoms with Crippen LogP contribution in [-0.4, -0.2) is 21.8 Å². The van der Waals surface area contributed by atoms with Crippen LogP contribution in [0.3, 0.4) is 0 Å². The zero-order valence-corrected chi connectivity index (χ0v) is 10.0. The molecule has 0 fully saturated rings. The van der Waals surface area contributed by atoms with Gasteiger partial charge < -0.3 is 10.6 Å². The highest BCUT2D eigenvalue weighted by Gasteiger charge is 2.09. The average Bonchev–Trinajstić information content (AvgIpc) is 2.74.